The van der Waals surface area contributed by atoms with Gasteiger partial charge in [0.15, 0.2) is 11.5 Å². The highest BCUT2D eigenvalue weighted by Crippen LogP contribution is 2.25. The molecular weight excluding hydrogens is 324 g/mol. The maximum atomic E-state index is 11.7. The molecule has 1 aliphatic heterocycles. The first-order valence-corrected chi connectivity index (χ1v) is 7.04. The first-order valence-electron chi connectivity index (χ1n) is 7.04. The fraction of sp³-hybridized carbons (Fsp3) is 0.400. The van der Waals surface area contributed by atoms with E-state index in [1.807, 2.05) is 0 Å². The van der Waals surface area contributed by atoms with Crippen molar-refractivity contribution in [1.29, 1.82) is 0 Å². The maximum Gasteiger partial charge on any atom is 0.333 e. The van der Waals surface area contributed by atoms with Crippen molar-refractivity contribution in [3.8, 4) is 11.5 Å². The Labute approximate surface area is 136 Å². The fourth-order valence-corrected chi connectivity index (χ4v) is 2.13. The maximum absolute atomic E-state index is 11.7. The third-order valence-corrected chi connectivity index (χ3v) is 3.49. The van der Waals surface area contributed by atoms with E-state index in [1.165, 1.54) is 24.3 Å². The Morgan fingerprint density at radius 3 is 2.46 bits per heavy atom. The Kier molecular flexibility index (Phi) is 5.75. The molecule has 0 aliphatic carbocycles. The molecule has 0 saturated carbocycles. The zero-order valence-corrected chi connectivity index (χ0v) is 12.4. The molecule has 0 amide bonds. The fourth-order valence-electron chi connectivity index (χ4n) is 2.13. The Balaban J connectivity index is 2.00. The zero-order chi connectivity index (χ0) is 17.9. The summed E-state index contributed by atoms with van der Waals surface area (Å²) in [6, 6.07) is 3.89. The number of carbonyl (C=O) groups is 1. The van der Waals surface area contributed by atoms with Gasteiger partial charge in [-0.3, -0.25) is 0 Å². The number of aromatic hydroxyl groups is 2. The molecule has 1 aromatic carbocycles. The molecule has 5 atom stereocenters. The Hall–Kier alpha value is -2.17. The predicted octanol–water partition coefficient (Wildman–Crippen LogP) is -1.55. The van der Waals surface area contributed by atoms with Crippen LogP contribution in [0.2, 0.25) is 0 Å². The van der Waals surface area contributed by atoms with Crippen molar-refractivity contribution in [3.63, 3.8) is 0 Å². The summed E-state index contributed by atoms with van der Waals surface area (Å²) in [5.74, 6) is -1.60. The number of aliphatic hydroxyl groups excluding tert-OH is 4. The summed E-state index contributed by atoms with van der Waals surface area (Å²) in [7, 11) is 0. The second kappa shape index (κ2) is 7.60. The van der Waals surface area contributed by atoms with Crippen LogP contribution in [0.3, 0.4) is 0 Å². The van der Waals surface area contributed by atoms with Gasteiger partial charge in [0.25, 0.3) is 0 Å². The van der Waals surface area contributed by atoms with E-state index in [9.17, 15) is 30.3 Å². The second-order valence-corrected chi connectivity index (χ2v) is 5.22. The number of esters is 1. The first-order chi connectivity index (χ1) is 11.3. The van der Waals surface area contributed by atoms with Gasteiger partial charge >= 0.3 is 5.97 Å². The number of phenols is 2. The number of benzene rings is 1. The van der Waals surface area contributed by atoms with E-state index in [1.54, 1.807) is 0 Å². The van der Waals surface area contributed by atoms with Crippen molar-refractivity contribution in [2.75, 3.05) is 6.61 Å². The van der Waals surface area contributed by atoms with Gasteiger partial charge in [-0.15, -0.1) is 0 Å². The minimum Gasteiger partial charge on any atom is -0.504 e. The molecule has 0 spiro atoms. The van der Waals surface area contributed by atoms with E-state index in [2.05, 4.69) is 0 Å². The molecule has 1 fully saturated rings. The minimum absolute atomic E-state index is 0.309. The number of phenolic OH excluding ortho intramolecular Hbond substituents is 2. The molecule has 1 heterocycles. The van der Waals surface area contributed by atoms with Gasteiger partial charge in [-0.25, -0.2) is 4.79 Å². The van der Waals surface area contributed by atoms with Crippen molar-refractivity contribution in [2.24, 2.45) is 0 Å². The Bertz CT molecular complexity index is 613. The van der Waals surface area contributed by atoms with E-state index in [4.69, 9.17) is 14.6 Å². The summed E-state index contributed by atoms with van der Waals surface area (Å²) in [6.45, 7) is -0.637. The SMILES string of the molecule is O=C(/C=C/c1ccc(O)c(O)c1)OC1OC(CO)C(O)C(O)C1O. The van der Waals surface area contributed by atoms with E-state index in [0.717, 1.165) is 6.08 Å². The van der Waals surface area contributed by atoms with Crippen LogP contribution in [-0.4, -0.2) is 73.9 Å². The quantitative estimate of drug-likeness (QED) is 0.217. The predicted molar refractivity (Wildman–Crippen MR) is 78.7 cm³/mol. The van der Waals surface area contributed by atoms with Gasteiger partial charge < -0.3 is 40.1 Å². The monoisotopic (exact) mass is 342 g/mol. The van der Waals surface area contributed by atoms with Crippen molar-refractivity contribution < 1.29 is 44.9 Å². The topological polar surface area (TPSA) is 157 Å². The molecule has 5 unspecified atom stereocenters. The zero-order valence-electron chi connectivity index (χ0n) is 12.4. The third-order valence-electron chi connectivity index (χ3n) is 3.49. The molecule has 9 nitrogen and oxygen atoms in total. The van der Waals surface area contributed by atoms with Crippen LogP contribution < -0.4 is 0 Å². The summed E-state index contributed by atoms with van der Waals surface area (Å²) in [5, 5.41) is 56.5. The number of ether oxygens (including phenoxy) is 2. The summed E-state index contributed by atoms with van der Waals surface area (Å²) >= 11 is 0. The van der Waals surface area contributed by atoms with Gasteiger partial charge in [0, 0.05) is 6.08 Å². The normalized spacial score (nSPS) is 30.4. The highest BCUT2D eigenvalue weighted by atomic mass is 16.7. The lowest BCUT2D eigenvalue weighted by Gasteiger charge is -2.38. The van der Waals surface area contributed by atoms with Crippen LogP contribution >= 0.6 is 0 Å². The molecule has 9 heteroatoms. The number of rotatable bonds is 4. The van der Waals surface area contributed by atoms with Gasteiger partial charge in [-0.05, 0) is 23.8 Å². The van der Waals surface area contributed by atoms with Crippen LogP contribution in [0.15, 0.2) is 24.3 Å². The summed E-state index contributed by atoms with van der Waals surface area (Å²) in [4.78, 5) is 11.7. The van der Waals surface area contributed by atoms with E-state index in [0.29, 0.717) is 5.56 Å². The Morgan fingerprint density at radius 1 is 1.12 bits per heavy atom. The number of aliphatic hydroxyl groups is 4. The molecule has 0 bridgehead atoms. The first kappa shape index (κ1) is 18.2. The second-order valence-electron chi connectivity index (χ2n) is 5.22. The average Bonchev–Trinajstić information content (AvgIpc) is 2.56. The molecule has 24 heavy (non-hydrogen) atoms. The van der Waals surface area contributed by atoms with Crippen LogP contribution in [0.4, 0.5) is 0 Å². The van der Waals surface area contributed by atoms with Crippen LogP contribution in [0.5, 0.6) is 11.5 Å². The van der Waals surface area contributed by atoms with Crippen LogP contribution in [0.25, 0.3) is 6.08 Å². The highest BCUT2D eigenvalue weighted by Gasteiger charge is 2.45. The van der Waals surface area contributed by atoms with Crippen molar-refractivity contribution in [1.82, 2.24) is 0 Å². The lowest BCUT2D eigenvalue weighted by Crippen LogP contribution is -2.59. The molecule has 0 aromatic heterocycles. The van der Waals surface area contributed by atoms with E-state index < -0.39 is 43.3 Å². The number of hydrogen-bond donors (Lipinski definition) is 6. The summed E-state index contributed by atoms with van der Waals surface area (Å²) in [6.07, 6.45) is -5.36. The van der Waals surface area contributed by atoms with E-state index in [-0.39, 0.29) is 11.5 Å². The molecule has 0 radical (unpaired) electrons. The van der Waals surface area contributed by atoms with Gasteiger partial charge in [0.05, 0.1) is 6.61 Å². The largest absolute Gasteiger partial charge is 0.504 e. The van der Waals surface area contributed by atoms with Gasteiger partial charge in [-0.2, -0.15) is 0 Å². The van der Waals surface area contributed by atoms with Crippen LogP contribution in [0, 0.1) is 0 Å². The highest BCUT2D eigenvalue weighted by molar-refractivity contribution is 5.87. The lowest BCUT2D eigenvalue weighted by atomic mass is 9.99. The lowest BCUT2D eigenvalue weighted by molar-refractivity contribution is -0.291. The Morgan fingerprint density at radius 2 is 1.83 bits per heavy atom. The van der Waals surface area contributed by atoms with Gasteiger partial charge in [-0.1, -0.05) is 6.07 Å². The van der Waals surface area contributed by atoms with E-state index >= 15 is 0 Å². The molecule has 2 rings (SSSR count). The molecule has 6 N–H and O–H groups in total. The average molecular weight is 342 g/mol. The summed E-state index contributed by atoms with van der Waals surface area (Å²) < 4.78 is 9.87. The number of carbonyl (C=O) groups excluding carboxylic acids is 1. The van der Waals surface area contributed by atoms with Crippen LogP contribution in [-0.2, 0) is 14.3 Å². The smallest absolute Gasteiger partial charge is 0.333 e. The van der Waals surface area contributed by atoms with Crippen molar-refractivity contribution >= 4 is 12.0 Å². The van der Waals surface area contributed by atoms with Gasteiger partial charge in [0.1, 0.15) is 24.4 Å². The third kappa shape index (κ3) is 4.02. The van der Waals surface area contributed by atoms with Crippen molar-refractivity contribution in [2.45, 2.75) is 30.7 Å². The van der Waals surface area contributed by atoms with Crippen LogP contribution in [0.1, 0.15) is 5.56 Å². The molecule has 1 aromatic rings. The molecule has 1 saturated heterocycles. The molecule has 1 aliphatic rings. The summed E-state index contributed by atoms with van der Waals surface area (Å²) in [5.41, 5.74) is 0.399. The molecular formula is C15H18O9. The molecule has 132 valence electrons. The number of hydrogen-bond acceptors (Lipinski definition) is 9. The minimum atomic E-state index is -1.68. The standard InChI is InChI=1S/C15H18O9/c16-6-10-12(20)13(21)14(22)15(23-10)24-11(19)4-2-7-1-3-8(17)9(18)5-7/h1-5,10,12-18,20-22H,6H2/b4-2+. The van der Waals surface area contributed by atoms with Crippen molar-refractivity contribution in [3.05, 3.63) is 29.8 Å². The van der Waals surface area contributed by atoms with Gasteiger partial charge in [0.2, 0.25) is 6.29 Å².